The smallest absolute Gasteiger partial charge is 0.452 e. The van der Waals surface area contributed by atoms with E-state index in [0.717, 1.165) is 45.0 Å². The molecular formula is C77H69F17O16SSi. The van der Waals surface area contributed by atoms with Gasteiger partial charge in [0.1, 0.15) is 17.6 Å². The summed E-state index contributed by atoms with van der Waals surface area (Å²) < 4.78 is 314. The lowest BCUT2D eigenvalue weighted by Gasteiger charge is -2.47. The van der Waals surface area contributed by atoms with Crippen molar-refractivity contribution in [3.05, 3.63) is 245 Å². The fraction of sp³-hybridized carbons (Fsp3) is 0.377. The van der Waals surface area contributed by atoms with Crippen LogP contribution in [0.2, 0.25) is 17.1 Å². The van der Waals surface area contributed by atoms with Gasteiger partial charge in [-0.05, 0) is 109 Å². The zero-order valence-corrected chi connectivity index (χ0v) is 61.1. The number of aryl methyl sites for hydroxylation is 1. The van der Waals surface area contributed by atoms with Gasteiger partial charge in [-0.1, -0.05) is 166 Å². The number of benzene rings is 7. The number of halogens is 17. The lowest BCUT2D eigenvalue weighted by Crippen LogP contribution is -2.74. The molecule has 10 atom stereocenters. The first-order valence-electron chi connectivity index (χ1n) is 34.1. The Morgan fingerprint density at radius 2 is 0.661 bits per heavy atom. The van der Waals surface area contributed by atoms with Crippen molar-refractivity contribution < 1.29 is 150 Å². The molecule has 112 heavy (non-hydrogen) atoms. The fourth-order valence-electron chi connectivity index (χ4n) is 12.2. The summed E-state index contributed by atoms with van der Waals surface area (Å²) >= 11 is 0.888. The monoisotopic (exact) mass is 1630 g/mol. The summed E-state index contributed by atoms with van der Waals surface area (Å²) in [6.07, 6.45) is -30.0. The molecule has 0 amide bonds. The summed E-state index contributed by atoms with van der Waals surface area (Å²) in [5.41, 5.74) is -4.48. The molecule has 2 fully saturated rings. The van der Waals surface area contributed by atoms with Crippen LogP contribution in [0.4, 0.5) is 74.6 Å². The molecule has 0 radical (unpaired) electrons. The molecule has 7 aromatic carbocycles. The van der Waals surface area contributed by atoms with E-state index in [-0.39, 0.29) is 33.4 Å². The summed E-state index contributed by atoms with van der Waals surface area (Å²) in [6, 6.07) is 46.9. The molecule has 0 N–H and O–H groups in total. The fourth-order valence-corrected chi connectivity index (χ4v) is 17.8. The van der Waals surface area contributed by atoms with Crippen LogP contribution in [0.5, 0.6) is 0 Å². The minimum absolute atomic E-state index is 0.0327. The summed E-state index contributed by atoms with van der Waals surface area (Å²) in [4.78, 5) is 88.3. The molecule has 0 saturated carbocycles. The predicted octanol–water partition coefficient (Wildman–Crippen LogP) is 18.1. The van der Waals surface area contributed by atoms with Gasteiger partial charge in [0.25, 0.3) is 0 Å². The maximum Gasteiger partial charge on any atom is 0.460 e. The van der Waals surface area contributed by atoms with Gasteiger partial charge in [0.2, 0.25) is 0 Å². The molecule has 0 bridgehead atoms. The number of carbonyl (C=O) groups is 6. The van der Waals surface area contributed by atoms with Crippen LogP contribution in [0.1, 0.15) is 102 Å². The maximum atomic E-state index is 16.2. The summed E-state index contributed by atoms with van der Waals surface area (Å²) in [6.45, 7) is 4.04. The number of ether oxygens (including phenoxy) is 9. The normalized spacial score (nSPS) is 21.0. The number of thioether (sulfide) groups is 1. The van der Waals surface area contributed by atoms with Gasteiger partial charge in [-0.2, -0.15) is 74.6 Å². The van der Waals surface area contributed by atoms with Crippen molar-refractivity contribution in [1.82, 2.24) is 0 Å². The number of alkyl halides is 17. The van der Waals surface area contributed by atoms with Crippen molar-refractivity contribution in [2.45, 2.75) is 171 Å². The zero-order chi connectivity index (χ0) is 82.2. The quantitative estimate of drug-likeness (QED) is 0.0172. The SMILES string of the molecule is Cc1ccc(S[C@H]2O[C@H](CO[C@@H]3O[C@H](CO[Si](CCC(F)(F)C(F)(F)C(F)(F)C(F)(F)C(F)(F)C(F)(F)C(F)(F)C(F)(F)F)(C(C)C)C(C)C)[C@@H](OC(=O)c4ccccc4)[C@H](OC(=O)c4ccccc4)[C@H]3OC(=O)c3ccccc3)[C@@H](OC(=O)c3ccccc3)[C@H](OC(=O)c3ccccc3)[C@H]2OC(=O)c2ccccc2)cc1. The molecule has 35 heteroatoms. The minimum atomic E-state index is -8.89. The van der Waals surface area contributed by atoms with E-state index in [1.54, 1.807) is 49.4 Å². The van der Waals surface area contributed by atoms with Crippen LogP contribution in [0, 0.1) is 6.92 Å². The average Bonchev–Trinajstić information content (AvgIpc) is 0.694. The van der Waals surface area contributed by atoms with E-state index in [9.17, 15) is 68.3 Å². The lowest BCUT2D eigenvalue weighted by atomic mass is 9.88. The second-order valence-electron chi connectivity index (χ2n) is 26.5. The van der Waals surface area contributed by atoms with Crippen LogP contribution in [0.3, 0.4) is 0 Å². The second kappa shape index (κ2) is 34.9. The van der Waals surface area contributed by atoms with Crippen molar-refractivity contribution in [2.24, 2.45) is 0 Å². The first kappa shape index (κ1) is 86.6. The van der Waals surface area contributed by atoms with E-state index in [1.165, 1.54) is 164 Å². The number of carbonyl (C=O) groups excluding carboxylic acids is 6. The van der Waals surface area contributed by atoms with E-state index in [2.05, 4.69) is 0 Å². The van der Waals surface area contributed by atoms with Crippen molar-refractivity contribution in [2.75, 3.05) is 13.2 Å². The molecule has 0 aliphatic carbocycles. The highest BCUT2D eigenvalue weighted by Gasteiger charge is 2.95. The standard InChI is InChI=1S/C77H69F17O16SSi/c1-44(2)112(45(3)4,41-40-70(78,79)71(80,81)72(82,83)73(84,85)74(86,87)75(88,89)76(90,91)77(92,93)94)102-43-55-57(106-63(96)48-26-14-7-15-27-48)58(107-64(97)49-28-16-8-17-29-49)60(109-66(99)51-32-20-10-21-33-51)68(103-55)101-42-54-56(105-62(95)47-24-12-6-13-25-47)59(108-65(98)50-30-18-9-19-31-50)61(110-67(100)52-34-22-11-23-35-52)69(104-54)111-53-38-36-46(5)37-39-53/h6-39,44-45,54-61,68-69H,40-43H2,1-5H3/t54-,55-,56-,57-,58+,59+,60-,61-,68-,69-/m1/s1. The highest BCUT2D eigenvalue weighted by molar-refractivity contribution is 7.99. The number of esters is 6. The molecule has 16 nitrogen and oxygen atoms in total. The van der Waals surface area contributed by atoms with E-state index < -0.39 is 189 Å². The van der Waals surface area contributed by atoms with Gasteiger partial charge in [0.05, 0.1) is 46.6 Å². The molecular weight excluding hydrogens is 1560 g/mol. The maximum absolute atomic E-state index is 16.2. The Morgan fingerprint density at radius 1 is 0.366 bits per heavy atom. The third kappa shape index (κ3) is 18.3. The third-order valence-corrected chi connectivity index (χ3v) is 25.3. The van der Waals surface area contributed by atoms with Gasteiger partial charge in [0.15, 0.2) is 51.2 Å². The van der Waals surface area contributed by atoms with Crippen molar-refractivity contribution in [1.29, 1.82) is 0 Å². The Morgan fingerprint density at radius 3 is 1.00 bits per heavy atom. The van der Waals surface area contributed by atoms with Gasteiger partial charge in [-0.15, -0.1) is 0 Å². The number of hydrogen-bond acceptors (Lipinski definition) is 17. The molecule has 2 aliphatic rings. The van der Waals surface area contributed by atoms with Crippen LogP contribution in [-0.4, -0.2) is 166 Å². The number of rotatable bonds is 31. The third-order valence-electron chi connectivity index (χ3n) is 18.5. The topological polar surface area (TPSA) is 195 Å². The largest absolute Gasteiger partial charge is 0.460 e. The second-order valence-corrected chi connectivity index (χ2v) is 32.7. The summed E-state index contributed by atoms with van der Waals surface area (Å²) in [7, 11) is -4.86. The van der Waals surface area contributed by atoms with Gasteiger partial charge in [0, 0.05) is 11.3 Å². The first-order valence-corrected chi connectivity index (χ1v) is 37.2. The van der Waals surface area contributed by atoms with E-state index >= 15 is 35.1 Å². The Kier molecular flexibility index (Phi) is 27.0. The molecule has 2 saturated heterocycles. The van der Waals surface area contributed by atoms with E-state index in [1.807, 2.05) is 0 Å². The van der Waals surface area contributed by atoms with E-state index in [0.29, 0.717) is 4.90 Å². The zero-order valence-electron chi connectivity index (χ0n) is 59.3. The van der Waals surface area contributed by atoms with Gasteiger partial charge >= 0.3 is 83.4 Å². The van der Waals surface area contributed by atoms with Crippen LogP contribution in [-0.2, 0) is 47.1 Å². The molecule has 7 aromatic rings. The van der Waals surface area contributed by atoms with Gasteiger partial charge in [-0.3, -0.25) is 0 Å². The molecule has 2 heterocycles. The summed E-state index contributed by atoms with van der Waals surface area (Å²) in [5, 5.41) is 0. The van der Waals surface area contributed by atoms with Crippen LogP contribution >= 0.6 is 11.8 Å². The van der Waals surface area contributed by atoms with Crippen molar-refractivity contribution >= 4 is 55.9 Å². The van der Waals surface area contributed by atoms with Crippen LogP contribution < -0.4 is 0 Å². The molecule has 602 valence electrons. The van der Waals surface area contributed by atoms with Gasteiger partial charge < -0.3 is 47.1 Å². The van der Waals surface area contributed by atoms with Crippen LogP contribution in [0.15, 0.2) is 211 Å². The molecule has 9 rings (SSSR count). The molecule has 0 spiro atoms. The van der Waals surface area contributed by atoms with Crippen molar-refractivity contribution in [3.8, 4) is 0 Å². The van der Waals surface area contributed by atoms with E-state index in [4.69, 9.17) is 47.1 Å². The minimum Gasteiger partial charge on any atom is -0.452 e. The van der Waals surface area contributed by atoms with Crippen molar-refractivity contribution in [3.63, 3.8) is 0 Å². The Bertz CT molecular complexity index is 4330. The highest BCUT2D eigenvalue weighted by atomic mass is 32.2. The van der Waals surface area contributed by atoms with Gasteiger partial charge in [-0.25, -0.2) is 28.8 Å². The molecule has 0 unspecified atom stereocenters. The summed E-state index contributed by atoms with van der Waals surface area (Å²) in [5.74, 6) is -65.6. The predicted molar refractivity (Wildman–Crippen MR) is 366 cm³/mol. The lowest BCUT2D eigenvalue weighted by molar-refractivity contribution is -0.461. The molecule has 2 aliphatic heterocycles. The Balaban J connectivity index is 1.19. The van der Waals surface area contributed by atoms with Crippen LogP contribution in [0.25, 0.3) is 0 Å². The first-order chi connectivity index (χ1) is 52.5. The average molecular weight is 1630 g/mol. The Hall–Kier alpha value is -9.42. The molecule has 0 aromatic heterocycles. The number of hydrogen-bond donors (Lipinski definition) is 0. The highest BCUT2D eigenvalue weighted by Crippen LogP contribution is 2.65. The Labute approximate surface area is 633 Å².